The molecule has 0 saturated carbocycles. The van der Waals surface area contributed by atoms with Crippen LogP contribution in [0, 0.1) is 0 Å². The van der Waals surface area contributed by atoms with Crippen molar-refractivity contribution in [3.8, 4) is 0 Å². The van der Waals surface area contributed by atoms with Crippen LogP contribution in [0.5, 0.6) is 0 Å². The van der Waals surface area contributed by atoms with Crippen LogP contribution in [0.25, 0.3) is 0 Å². The lowest BCUT2D eigenvalue weighted by Gasteiger charge is -2.32. The third-order valence-electron chi connectivity index (χ3n) is 17.8. The summed E-state index contributed by atoms with van der Waals surface area (Å²) < 4.78 is 210. The van der Waals surface area contributed by atoms with Crippen LogP contribution in [-0.4, -0.2) is 115 Å². The quantitative estimate of drug-likeness (QED) is 0.0336. The number of hydrogen-bond acceptors (Lipinski definition) is 9. The van der Waals surface area contributed by atoms with Gasteiger partial charge in [0.15, 0.2) is 11.4 Å². The molecule has 2 unspecified atom stereocenters. The fourth-order valence-corrected chi connectivity index (χ4v) is 13.5. The van der Waals surface area contributed by atoms with E-state index in [0.29, 0.717) is 50.7 Å². The molecular weight excluding hydrogens is 2050 g/mol. The standard InChI is InChI=1S/C15H19F3O.C14H18BrF3O3S.C14H18BrF3.C13H16BrF3O.C12H15BrO.C10H12Br2.C6H14O.C4H9NO2.CH3F.3CH3.Al/c1-13(2,3)11-6-10(9-19)7-12(8-11)14(4,5)15(16,17)18;1-12(2,3)9-6-10(8-11(15)7-9)13(4,14(16,17)18)21-22(5,19)20;1-12(2,3)9-6-10(8-11(15)7-9)13(4,5)14(16,17)18;1-11(2,3)8-5-9(7-10(14)6-8)12(4,18)13(15,16)17;1-8(14)9-5-10(12(2,3)4)7-11(13)6-9;1-10(2,3)7-4-8(11)6-9(12)5-7;1-5(2)7-6(3)4;1-4(6)5(2)7-3;1-2;;;;/h6-9H,1-5H3;6-8H,1-5H3;6-8H,1-5H3;5-7,18H,1-4H3;5-7H,1-4H3;4-6H,1-3H3;5-6H,1-4H3;1-3H3;1H3;3*1H3;/i;;;;;;;;1D;;;;. The number of carbonyl (C=O) groups excluding carboxylic acids is 3. The molecule has 0 heterocycles. The molecule has 6 rings (SSSR count). The summed E-state index contributed by atoms with van der Waals surface area (Å²) in [7, 11) is -2.31. The lowest BCUT2D eigenvalue weighted by molar-refractivity contribution is -0.258. The number of hydrogen-bond donors (Lipinski definition) is 1. The van der Waals surface area contributed by atoms with Crippen molar-refractivity contribution in [2.24, 2.45) is 0 Å². The van der Waals surface area contributed by atoms with Crippen molar-refractivity contribution in [3.05, 3.63) is 203 Å². The number of hydroxylamine groups is 2. The molecule has 0 aliphatic carbocycles. The monoisotopic (exact) mass is 2180 g/mol. The highest BCUT2D eigenvalue weighted by atomic mass is 79.9. The third kappa shape index (κ3) is 46.2. The molecule has 702 valence electrons. The van der Waals surface area contributed by atoms with Gasteiger partial charge in [-0.25, -0.2) is 9.25 Å². The molecular formula is C92H133AlBr6F13NO9S. The number of ether oxygens (including phenoxy) is 1. The van der Waals surface area contributed by atoms with Crippen LogP contribution in [0.3, 0.4) is 0 Å². The number of alkyl halides is 13. The van der Waals surface area contributed by atoms with Gasteiger partial charge in [0.05, 0.1) is 44.9 Å². The minimum atomic E-state index is -4.90. The Bertz CT molecular complexity index is 4320. The molecule has 0 radical (unpaired) electrons. The molecule has 6 aromatic carbocycles. The highest BCUT2D eigenvalue weighted by Crippen LogP contribution is 2.48. The first-order valence-corrected chi connectivity index (χ1v) is 48.9. The van der Waals surface area contributed by atoms with Crippen LogP contribution in [0.2, 0.25) is 17.4 Å². The molecule has 2 atom stereocenters. The van der Waals surface area contributed by atoms with Gasteiger partial charge in [-0.1, -0.05) is 244 Å². The second kappa shape index (κ2) is 50.2. The van der Waals surface area contributed by atoms with Crippen molar-refractivity contribution in [2.45, 2.75) is 317 Å². The lowest BCUT2D eigenvalue weighted by atomic mass is 9.78. The molecule has 0 aliphatic heterocycles. The summed E-state index contributed by atoms with van der Waals surface area (Å²) >= 11 is 19.9. The van der Waals surface area contributed by atoms with Crippen molar-refractivity contribution < 1.29 is 100 Å². The van der Waals surface area contributed by atoms with Crippen LogP contribution in [0.1, 0.15) is 285 Å². The van der Waals surface area contributed by atoms with Crippen LogP contribution < -0.4 is 0 Å². The van der Waals surface area contributed by atoms with E-state index < -0.39 is 69.4 Å². The molecule has 0 fully saturated rings. The van der Waals surface area contributed by atoms with Gasteiger partial charge in [-0.2, -0.15) is 61.1 Å². The Kier molecular flexibility index (Phi) is 50.4. The fraction of sp³-hybridized carbons (Fsp3) is 0.576. The number of aliphatic hydroxyl groups is 1. The van der Waals surface area contributed by atoms with Gasteiger partial charge in [0.1, 0.15) is 6.29 Å². The first kappa shape index (κ1) is 124. The molecule has 31 heteroatoms. The summed E-state index contributed by atoms with van der Waals surface area (Å²) in [5, 5.41) is 10.8. The molecule has 1 N–H and O–H groups in total. The van der Waals surface area contributed by atoms with Gasteiger partial charge in [0, 0.05) is 51.9 Å². The molecule has 0 aliphatic rings. The number of carbonyl (C=O) groups is 3. The first-order valence-electron chi connectivity index (χ1n) is 39.6. The number of rotatable bonds is 11. The van der Waals surface area contributed by atoms with Gasteiger partial charge < -0.3 is 9.84 Å². The Balaban J connectivity index is -0.000000669. The van der Waals surface area contributed by atoms with E-state index in [1.54, 1.807) is 50.4 Å². The molecule has 0 spiro atoms. The molecule has 0 saturated heterocycles. The van der Waals surface area contributed by atoms with Gasteiger partial charge in [-0.15, -0.1) is 17.4 Å². The summed E-state index contributed by atoms with van der Waals surface area (Å²) in [6.07, 6.45) is -16.3. The van der Waals surface area contributed by atoms with Crippen LogP contribution >= 0.6 is 95.6 Å². The second-order valence-electron chi connectivity index (χ2n) is 37.9. The van der Waals surface area contributed by atoms with Gasteiger partial charge in [0.2, 0.25) is 11.5 Å². The predicted octanol–water partition coefficient (Wildman–Crippen LogP) is 31.5. The molecule has 10 nitrogen and oxygen atoms in total. The van der Waals surface area contributed by atoms with E-state index in [1.807, 2.05) is 129 Å². The number of aldehydes is 1. The largest absolute Gasteiger partial charge is 0.422 e. The summed E-state index contributed by atoms with van der Waals surface area (Å²) in [6, 6.07) is 30.5. The van der Waals surface area contributed by atoms with E-state index in [2.05, 4.69) is 188 Å². The summed E-state index contributed by atoms with van der Waals surface area (Å²) in [5.41, 5.74) is -4.02. The molecule has 0 bridgehead atoms. The predicted molar refractivity (Wildman–Crippen MR) is 503 cm³/mol. The highest BCUT2D eigenvalue weighted by molar-refractivity contribution is 9.11. The van der Waals surface area contributed by atoms with Crippen molar-refractivity contribution in [2.75, 3.05) is 27.6 Å². The Labute approximate surface area is 783 Å². The maximum absolute atomic E-state index is 13.5. The Morgan fingerprint density at radius 1 is 0.423 bits per heavy atom. The molecule has 6 aromatic rings. The highest BCUT2D eigenvalue weighted by Gasteiger charge is 2.57. The Morgan fingerprint density at radius 3 is 0.894 bits per heavy atom. The minimum Gasteiger partial charge on any atom is -0.376 e. The zero-order valence-corrected chi connectivity index (χ0v) is 89.6. The van der Waals surface area contributed by atoms with Gasteiger partial charge in [-0.05, 0) is 249 Å². The smallest absolute Gasteiger partial charge is 0.376 e. The average molecular weight is 2180 g/mol. The van der Waals surface area contributed by atoms with E-state index in [0.717, 1.165) is 61.5 Å². The van der Waals surface area contributed by atoms with Crippen molar-refractivity contribution >= 4 is 138 Å². The fourth-order valence-electron chi connectivity index (χ4n) is 9.44. The normalized spacial score (nSPS) is 13.4. The number of Topliss-reactive ketones (excluding diaryl/α,β-unsaturated/α-hetero) is 1. The molecule has 1 amide bonds. The number of amides is 1. The van der Waals surface area contributed by atoms with E-state index in [9.17, 15) is 85.0 Å². The van der Waals surface area contributed by atoms with Crippen LogP contribution in [0.15, 0.2) is 136 Å². The third-order valence-corrected chi connectivity index (χ3v) is 21.2. The van der Waals surface area contributed by atoms with E-state index in [-0.39, 0.29) is 80.7 Å². The number of nitrogens with zero attached hydrogens (tertiary/aromatic N) is 1. The number of ketones is 1. The topological polar surface area (TPSA) is 137 Å². The second-order valence-corrected chi connectivity index (χ2v) is 48.4. The zero-order chi connectivity index (χ0) is 99.6. The maximum atomic E-state index is 13.5. The first-order chi connectivity index (χ1) is 54.8. The van der Waals surface area contributed by atoms with E-state index >= 15 is 0 Å². The Hall–Kier alpha value is -3.58. The van der Waals surface area contributed by atoms with Crippen LogP contribution in [0.4, 0.5) is 57.1 Å². The van der Waals surface area contributed by atoms with E-state index in [4.69, 9.17) is 6.11 Å². The average Bonchev–Trinajstić information content (AvgIpc) is 0.741. The van der Waals surface area contributed by atoms with Crippen molar-refractivity contribution in [1.29, 1.82) is 0 Å². The summed E-state index contributed by atoms with van der Waals surface area (Å²) in [5.74, 6) is 6.93. The van der Waals surface area contributed by atoms with Gasteiger partial charge >= 0.3 is 24.7 Å². The van der Waals surface area contributed by atoms with Crippen molar-refractivity contribution in [3.63, 3.8) is 0 Å². The maximum Gasteiger partial charge on any atom is 0.422 e. The van der Waals surface area contributed by atoms with Crippen molar-refractivity contribution in [1.82, 2.24) is 5.06 Å². The summed E-state index contributed by atoms with van der Waals surface area (Å²) in [6.45, 7) is 53.3. The summed E-state index contributed by atoms with van der Waals surface area (Å²) in [4.78, 5) is 36.9. The van der Waals surface area contributed by atoms with Gasteiger partial charge in [0.25, 0.3) is 24.3 Å². The lowest BCUT2D eigenvalue weighted by Crippen LogP contribution is -2.43. The Morgan fingerprint density at radius 2 is 0.659 bits per heavy atom. The zero-order valence-electron chi connectivity index (χ0n) is 79.2. The molecule has 123 heavy (non-hydrogen) atoms. The van der Waals surface area contributed by atoms with Crippen LogP contribution in [-0.2, 0) is 83.2 Å². The van der Waals surface area contributed by atoms with E-state index in [1.165, 1.54) is 69.3 Å². The molecule has 0 aromatic heterocycles. The SMILES string of the molecule is CC(=O)c1cc(Br)cc(C(C)(C)C)c1.CC(C)(C)c1cc(Br)cc(Br)c1.CC(C)(C)c1cc(Br)cc(C(C)(C)C(F)(F)F)c1.CC(C)(C)c1cc(Br)cc(C(C)(O)C(F)(F)F)c1.CC(C)(C)c1cc(Br)cc(C(C)(OS(C)(=O)=O)C(F)(F)F)c1.CC(C)(C)c1cc(C=O)cc(C(C)(C)C(F)(F)F)c1.CC(C)OC(C)C.CON(C)C(C)=O.[2H]CF.[CH3][Al]([CH3])[CH3]. The minimum absolute atomic E-state index is 0.0774. The number of halogens is 19. The van der Waals surface area contributed by atoms with Gasteiger partial charge in [-0.3, -0.25) is 23.6 Å². The number of benzene rings is 6.